The van der Waals surface area contributed by atoms with E-state index in [1.807, 2.05) is 0 Å². The molecule has 0 saturated carbocycles. The SMILES string of the molecule is COc1ccc(Br)c(F)c1B(O)O. The van der Waals surface area contributed by atoms with Gasteiger partial charge in [-0.05, 0) is 28.1 Å². The third kappa shape index (κ3) is 2.01. The van der Waals surface area contributed by atoms with Gasteiger partial charge in [-0.2, -0.15) is 0 Å². The quantitative estimate of drug-likeness (QED) is 0.740. The minimum absolute atomic E-state index is 0.107. The van der Waals surface area contributed by atoms with Crippen LogP contribution in [0.1, 0.15) is 0 Å². The fourth-order valence-electron chi connectivity index (χ4n) is 0.967. The Hall–Kier alpha value is -0.585. The highest BCUT2D eigenvalue weighted by atomic mass is 79.9. The summed E-state index contributed by atoms with van der Waals surface area (Å²) in [6, 6.07) is 2.88. The lowest BCUT2D eigenvalue weighted by atomic mass is 9.79. The summed E-state index contributed by atoms with van der Waals surface area (Å²) in [5.74, 6) is -0.620. The fraction of sp³-hybridized carbons (Fsp3) is 0.143. The van der Waals surface area contributed by atoms with Gasteiger partial charge in [0.2, 0.25) is 0 Å². The number of ether oxygens (including phenoxy) is 1. The van der Waals surface area contributed by atoms with Crippen molar-refractivity contribution in [3.05, 3.63) is 22.4 Å². The van der Waals surface area contributed by atoms with Crippen molar-refractivity contribution in [3.63, 3.8) is 0 Å². The Labute approximate surface area is 83.4 Å². The summed E-state index contributed by atoms with van der Waals surface area (Å²) in [5, 5.41) is 17.7. The van der Waals surface area contributed by atoms with E-state index in [1.54, 1.807) is 0 Å². The molecular weight excluding hydrogens is 242 g/mol. The summed E-state index contributed by atoms with van der Waals surface area (Å²) in [6.45, 7) is 0. The van der Waals surface area contributed by atoms with Gasteiger partial charge in [-0.3, -0.25) is 0 Å². The van der Waals surface area contributed by atoms with Gasteiger partial charge in [-0.25, -0.2) is 4.39 Å². The highest BCUT2D eigenvalue weighted by Gasteiger charge is 2.23. The van der Waals surface area contributed by atoms with E-state index >= 15 is 0 Å². The van der Waals surface area contributed by atoms with Crippen molar-refractivity contribution in [3.8, 4) is 5.75 Å². The Morgan fingerprint density at radius 2 is 2.08 bits per heavy atom. The van der Waals surface area contributed by atoms with E-state index < -0.39 is 12.9 Å². The molecule has 1 aromatic rings. The zero-order chi connectivity index (χ0) is 10.0. The molecule has 70 valence electrons. The van der Waals surface area contributed by atoms with Crippen molar-refractivity contribution in [1.82, 2.24) is 0 Å². The molecule has 0 heterocycles. The van der Waals surface area contributed by atoms with Crippen LogP contribution in [0.5, 0.6) is 5.75 Å². The van der Waals surface area contributed by atoms with E-state index in [0.29, 0.717) is 0 Å². The van der Waals surface area contributed by atoms with Crippen molar-refractivity contribution < 1.29 is 19.2 Å². The minimum Gasteiger partial charge on any atom is -0.497 e. The zero-order valence-corrected chi connectivity index (χ0v) is 8.38. The first-order valence-electron chi connectivity index (χ1n) is 3.46. The normalized spacial score (nSPS) is 9.92. The van der Waals surface area contributed by atoms with Gasteiger partial charge in [0.15, 0.2) is 0 Å². The molecule has 0 fully saturated rings. The lowest BCUT2D eigenvalue weighted by Gasteiger charge is -2.09. The fourth-order valence-corrected chi connectivity index (χ4v) is 1.31. The standard InChI is InChI=1S/C7H7BBrFO3/c1-13-5-3-2-4(9)7(10)6(5)8(11)12/h2-3,11-12H,1H3. The summed E-state index contributed by atoms with van der Waals surface area (Å²) in [7, 11) is -0.554. The van der Waals surface area contributed by atoms with E-state index in [-0.39, 0.29) is 15.7 Å². The van der Waals surface area contributed by atoms with Crippen LogP contribution in [-0.2, 0) is 0 Å². The van der Waals surface area contributed by atoms with Crippen LogP contribution in [0.3, 0.4) is 0 Å². The van der Waals surface area contributed by atoms with Crippen molar-refractivity contribution in [2.45, 2.75) is 0 Å². The molecule has 1 aromatic carbocycles. The highest BCUT2D eigenvalue weighted by molar-refractivity contribution is 9.10. The highest BCUT2D eigenvalue weighted by Crippen LogP contribution is 2.18. The van der Waals surface area contributed by atoms with Crippen LogP contribution in [-0.4, -0.2) is 24.3 Å². The molecule has 0 aliphatic heterocycles. The first-order chi connectivity index (χ1) is 6.07. The van der Waals surface area contributed by atoms with Gasteiger partial charge < -0.3 is 14.8 Å². The maximum Gasteiger partial charge on any atom is 0.495 e. The van der Waals surface area contributed by atoms with Crippen LogP contribution in [0.15, 0.2) is 16.6 Å². The molecular formula is C7H7BBrFO3. The lowest BCUT2D eigenvalue weighted by Crippen LogP contribution is -2.34. The maximum absolute atomic E-state index is 13.3. The van der Waals surface area contributed by atoms with Gasteiger partial charge >= 0.3 is 7.12 Å². The van der Waals surface area contributed by atoms with Crippen LogP contribution in [0.2, 0.25) is 0 Å². The molecule has 0 aliphatic rings. The Morgan fingerprint density at radius 1 is 1.46 bits per heavy atom. The molecule has 1 rings (SSSR count). The Morgan fingerprint density at radius 3 is 2.54 bits per heavy atom. The molecule has 0 aromatic heterocycles. The molecule has 13 heavy (non-hydrogen) atoms. The summed E-state index contributed by atoms with van der Waals surface area (Å²) >= 11 is 2.92. The monoisotopic (exact) mass is 248 g/mol. The Bertz CT molecular complexity index is 319. The lowest BCUT2D eigenvalue weighted by molar-refractivity contribution is 0.398. The van der Waals surface area contributed by atoms with E-state index in [2.05, 4.69) is 15.9 Å². The largest absolute Gasteiger partial charge is 0.497 e. The van der Waals surface area contributed by atoms with Gasteiger partial charge in [0.05, 0.1) is 17.0 Å². The van der Waals surface area contributed by atoms with Crippen LogP contribution in [0, 0.1) is 5.82 Å². The molecule has 0 unspecified atom stereocenters. The smallest absolute Gasteiger partial charge is 0.495 e. The van der Waals surface area contributed by atoms with Gasteiger partial charge in [0.1, 0.15) is 11.6 Å². The Kier molecular flexibility index (Phi) is 3.30. The first-order valence-corrected chi connectivity index (χ1v) is 4.25. The second-order valence-electron chi connectivity index (χ2n) is 2.35. The predicted octanol–water partition coefficient (Wildman–Crippen LogP) is 0.277. The summed E-state index contributed by atoms with van der Waals surface area (Å²) in [4.78, 5) is 0. The van der Waals surface area contributed by atoms with Crippen LogP contribution < -0.4 is 10.2 Å². The summed E-state index contributed by atoms with van der Waals surface area (Å²) < 4.78 is 18.2. The molecule has 2 N–H and O–H groups in total. The predicted molar refractivity (Wildman–Crippen MR) is 50.5 cm³/mol. The van der Waals surface area contributed by atoms with Gasteiger partial charge in [0, 0.05) is 0 Å². The summed E-state index contributed by atoms with van der Waals surface area (Å²) in [5.41, 5.74) is -0.267. The maximum atomic E-state index is 13.3. The first kappa shape index (κ1) is 10.5. The number of halogens is 2. The number of hydrogen-bond acceptors (Lipinski definition) is 3. The van der Waals surface area contributed by atoms with Crippen molar-refractivity contribution >= 4 is 28.5 Å². The summed E-state index contributed by atoms with van der Waals surface area (Å²) in [6.07, 6.45) is 0. The molecule has 0 spiro atoms. The molecule has 0 aliphatic carbocycles. The third-order valence-electron chi connectivity index (χ3n) is 1.57. The average Bonchev–Trinajstić information content (AvgIpc) is 2.08. The van der Waals surface area contributed by atoms with Crippen LogP contribution in [0.25, 0.3) is 0 Å². The van der Waals surface area contributed by atoms with E-state index in [0.717, 1.165) is 0 Å². The number of rotatable bonds is 2. The number of methoxy groups -OCH3 is 1. The van der Waals surface area contributed by atoms with Crippen LogP contribution >= 0.6 is 15.9 Å². The zero-order valence-electron chi connectivity index (χ0n) is 6.79. The van der Waals surface area contributed by atoms with E-state index in [4.69, 9.17) is 14.8 Å². The van der Waals surface area contributed by atoms with Gasteiger partial charge in [-0.15, -0.1) is 0 Å². The third-order valence-corrected chi connectivity index (χ3v) is 2.18. The molecule has 0 saturated heterocycles. The number of benzene rings is 1. The van der Waals surface area contributed by atoms with E-state index in [1.165, 1.54) is 19.2 Å². The average molecular weight is 249 g/mol. The van der Waals surface area contributed by atoms with Gasteiger partial charge in [-0.1, -0.05) is 0 Å². The number of hydrogen-bond donors (Lipinski definition) is 2. The van der Waals surface area contributed by atoms with Crippen molar-refractivity contribution in [2.24, 2.45) is 0 Å². The molecule has 0 atom stereocenters. The van der Waals surface area contributed by atoms with Crippen LogP contribution in [0.4, 0.5) is 4.39 Å². The topological polar surface area (TPSA) is 49.7 Å². The second kappa shape index (κ2) is 4.08. The molecule has 0 bridgehead atoms. The van der Waals surface area contributed by atoms with Crippen molar-refractivity contribution in [2.75, 3.05) is 7.11 Å². The molecule has 0 radical (unpaired) electrons. The van der Waals surface area contributed by atoms with E-state index in [9.17, 15) is 4.39 Å². The van der Waals surface area contributed by atoms with Gasteiger partial charge in [0.25, 0.3) is 0 Å². The second-order valence-corrected chi connectivity index (χ2v) is 3.21. The molecule has 0 amide bonds. The molecule has 3 nitrogen and oxygen atoms in total. The molecule has 6 heteroatoms. The van der Waals surface area contributed by atoms with Crippen molar-refractivity contribution in [1.29, 1.82) is 0 Å². The minimum atomic E-state index is -1.88. The Balaban J connectivity index is 3.32.